The summed E-state index contributed by atoms with van der Waals surface area (Å²) in [6.45, 7) is 4.02. The predicted molar refractivity (Wildman–Crippen MR) is 91.3 cm³/mol. The molecule has 0 atom stereocenters. The first kappa shape index (κ1) is 16.0. The van der Waals surface area contributed by atoms with Crippen LogP contribution >= 0.6 is 39.0 Å². The van der Waals surface area contributed by atoms with Gasteiger partial charge in [-0.3, -0.25) is 4.79 Å². The lowest BCUT2D eigenvalue weighted by atomic mass is 10.3. The molecule has 0 unspecified atom stereocenters. The zero-order chi connectivity index (χ0) is 15.1. The fourth-order valence-corrected chi connectivity index (χ4v) is 3.37. The molecule has 0 aliphatic carbocycles. The molecule has 0 radical (unpaired) electrons. The van der Waals surface area contributed by atoms with Gasteiger partial charge >= 0.3 is 0 Å². The van der Waals surface area contributed by atoms with Gasteiger partial charge in [0.1, 0.15) is 0 Å². The van der Waals surface area contributed by atoms with Crippen LogP contribution in [0.3, 0.4) is 0 Å². The zero-order valence-corrected chi connectivity index (χ0v) is 14.2. The Labute approximate surface area is 139 Å². The lowest BCUT2D eigenvalue weighted by Crippen LogP contribution is -2.24. The first-order chi connectivity index (χ1) is 10.2. The van der Waals surface area contributed by atoms with Crippen LogP contribution < -0.4 is 10.6 Å². The molecule has 0 aliphatic heterocycles. The van der Waals surface area contributed by atoms with Crippen molar-refractivity contribution in [3.8, 4) is 0 Å². The second-order valence-electron chi connectivity index (χ2n) is 3.89. The minimum absolute atomic E-state index is 0.0448. The lowest BCUT2D eigenvalue weighted by Gasteiger charge is -2.01. The molecule has 0 saturated carbocycles. The van der Waals surface area contributed by atoms with Crippen LogP contribution in [0.25, 0.3) is 0 Å². The summed E-state index contributed by atoms with van der Waals surface area (Å²) in [5.41, 5.74) is 0.931. The van der Waals surface area contributed by atoms with E-state index in [1.54, 1.807) is 6.08 Å². The maximum atomic E-state index is 11.5. The van der Waals surface area contributed by atoms with Crippen LogP contribution in [-0.4, -0.2) is 28.4 Å². The average Bonchev–Trinajstić information content (AvgIpc) is 2.90. The second kappa shape index (κ2) is 8.16. The number of hydrogen-bond acceptors (Lipinski definition) is 6. The Hall–Kier alpha value is -1.38. The molecular formula is C13H13BrN4OS2. The maximum Gasteiger partial charge on any atom is 0.230 e. The molecule has 1 aromatic heterocycles. The van der Waals surface area contributed by atoms with E-state index < -0.39 is 0 Å². The molecule has 8 heteroatoms. The number of benzene rings is 1. The molecule has 110 valence electrons. The van der Waals surface area contributed by atoms with E-state index in [-0.39, 0.29) is 5.91 Å². The van der Waals surface area contributed by atoms with E-state index in [0.717, 1.165) is 14.5 Å². The molecule has 0 spiro atoms. The summed E-state index contributed by atoms with van der Waals surface area (Å²) in [6.07, 6.45) is 1.65. The molecule has 0 aliphatic rings. The lowest BCUT2D eigenvalue weighted by molar-refractivity contribution is -0.118. The number of carbonyl (C=O) groups excluding carboxylic acids is 1. The Morgan fingerprint density at radius 3 is 3.10 bits per heavy atom. The number of carbonyl (C=O) groups is 1. The highest BCUT2D eigenvalue weighted by molar-refractivity contribution is 9.10. The molecule has 21 heavy (non-hydrogen) atoms. The average molecular weight is 385 g/mol. The first-order valence-electron chi connectivity index (χ1n) is 6.04. The van der Waals surface area contributed by atoms with Gasteiger partial charge in [0.25, 0.3) is 0 Å². The summed E-state index contributed by atoms with van der Waals surface area (Å²) < 4.78 is 1.74. The number of halogens is 1. The number of rotatable bonds is 7. The van der Waals surface area contributed by atoms with Gasteiger partial charge in [0.15, 0.2) is 4.34 Å². The van der Waals surface area contributed by atoms with Gasteiger partial charge < -0.3 is 10.6 Å². The highest BCUT2D eigenvalue weighted by atomic mass is 79.9. The number of thioether (sulfide) groups is 1. The predicted octanol–water partition coefficient (Wildman–Crippen LogP) is 3.44. The Bertz CT molecular complexity index is 632. The van der Waals surface area contributed by atoms with Crippen LogP contribution in [0.1, 0.15) is 0 Å². The summed E-state index contributed by atoms with van der Waals surface area (Å²) >= 11 is 6.19. The summed E-state index contributed by atoms with van der Waals surface area (Å²) in [7, 11) is 0. The van der Waals surface area contributed by atoms with E-state index >= 15 is 0 Å². The van der Waals surface area contributed by atoms with E-state index in [0.29, 0.717) is 17.4 Å². The molecule has 0 bridgehead atoms. The Balaban J connectivity index is 1.86. The van der Waals surface area contributed by atoms with Gasteiger partial charge in [-0.15, -0.1) is 16.8 Å². The van der Waals surface area contributed by atoms with Gasteiger partial charge in [-0.25, -0.2) is 0 Å². The van der Waals surface area contributed by atoms with Crippen LogP contribution in [0.4, 0.5) is 10.8 Å². The van der Waals surface area contributed by atoms with Gasteiger partial charge in [-0.1, -0.05) is 51.2 Å². The van der Waals surface area contributed by atoms with Crippen molar-refractivity contribution in [2.24, 2.45) is 0 Å². The highest BCUT2D eigenvalue weighted by Gasteiger charge is 2.08. The Kier molecular flexibility index (Phi) is 6.21. The van der Waals surface area contributed by atoms with Crippen molar-refractivity contribution in [2.45, 2.75) is 4.34 Å². The number of nitrogens with zero attached hydrogens (tertiary/aromatic N) is 2. The van der Waals surface area contributed by atoms with Crippen molar-refractivity contribution >= 4 is 55.8 Å². The fraction of sp³-hybridized carbons (Fsp3) is 0.154. The van der Waals surface area contributed by atoms with Gasteiger partial charge in [0.05, 0.1) is 5.75 Å². The van der Waals surface area contributed by atoms with Gasteiger partial charge in [-0.05, 0) is 18.2 Å². The molecule has 2 aromatic rings. The molecule has 1 aromatic carbocycles. The molecule has 0 saturated heterocycles. The molecule has 5 nitrogen and oxygen atoms in total. The van der Waals surface area contributed by atoms with Crippen molar-refractivity contribution in [1.82, 2.24) is 15.5 Å². The van der Waals surface area contributed by atoms with Gasteiger partial charge in [0.2, 0.25) is 11.0 Å². The normalized spacial score (nSPS) is 10.1. The molecule has 2 rings (SSSR count). The van der Waals surface area contributed by atoms with Crippen molar-refractivity contribution in [3.63, 3.8) is 0 Å². The smallest absolute Gasteiger partial charge is 0.230 e. The number of nitrogens with one attached hydrogen (secondary N) is 2. The van der Waals surface area contributed by atoms with Crippen molar-refractivity contribution in [1.29, 1.82) is 0 Å². The fourth-order valence-electron chi connectivity index (χ4n) is 1.37. The van der Waals surface area contributed by atoms with Crippen LogP contribution in [0.15, 0.2) is 45.7 Å². The second-order valence-corrected chi connectivity index (χ2v) is 7.01. The molecule has 0 fully saturated rings. The minimum atomic E-state index is -0.0448. The monoisotopic (exact) mass is 384 g/mol. The first-order valence-corrected chi connectivity index (χ1v) is 8.63. The van der Waals surface area contributed by atoms with E-state index in [1.807, 2.05) is 24.3 Å². The van der Waals surface area contributed by atoms with Crippen molar-refractivity contribution in [2.75, 3.05) is 17.6 Å². The Morgan fingerprint density at radius 2 is 2.33 bits per heavy atom. The molecule has 2 N–H and O–H groups in total. The molecular weight excluding hydrogens is 372 g/mol. The summed E-state index contributed by atoms with van der Waals surface area (Å²) in [6, 6.07) is 7.79. The van der Waals surface area contributed by atoms with Crippen LogP contribution in [0.2, 0.25) is 0 Å². The largest absolute Gasteiger partial charge is 0.352 e. The third-order valence-corrected chi connectivity index (χ3v) is 4.72. The van der Waals surface area contributed by atoms with Crippen LogP contribution in [-0.2, 0) is 4.79 Å². The van der Waals surface area contributed by atoms with Crippen LogP contribution in [0.5, 0.6) is 0 Å². The maximum absolute atomic E-state index is 11.5. The number of anilines is 2. The third kappa shape index (κ3) is 5.49. The van der Waals surface area contributed by atoms with Crippen molar-refractivity contribution in [3.05, 3.63) is 41.4 Å². The number of amides is 1. The zero-order valence-electron chi connectivity index (χ0n) is 11.0. The Morgan fingerprint density at radius 1 is 1.48 bits per heavy atom. The summed E-state index contributed by atoms with van der Waals surface area (Å²) in [4.78, 5) is 11.5. The number of aromatic nitrogens is 2. The minimum Gasteiger partial charge on any atom is -0.352 e. The SMILES string of the molecule is C=CCNC(=O)CSc1nnc(Nc2cccc(Br)c2)s1. The molecule has 1 amide bonds. The van der Waals surface area contributed by atoms with Gasteiger partial charge in [0, 0.05) is 16.7 Å². The topological polar surface area (TPSA) is 66.9 Å². The third-order valence-electron chi connectivity index (χ3n) is 2.25. The van der Waals surface area contributed by atoms with E-state index in [1.165, 1.54) is 23.1 Å². The summed E-state index contributed by atoms with van der Waals surface area (Å²) in [5.74, 6) is 0.274. The standard InChI is InChI=1S/C13H13BrN4OS2/c1-2-6-15-11(19)8-20-13-18-17-12(21-13)16-10-5-3-4-9(14)7-10/h2-5,7H,1,6,8H2,(H,15,19)(H,16,17). The van der Waals surface area contributed by atoms with E-state index in [2.05, 4.69) is 43.3 Å². The van der Waals surface area contributed by atoms with E-state index in [9.17, 15) is 4.79 Å². The summed E-state index contributed by atoms with van der Waals surface area (Å²) in [5, 5.41) is 14.7. The van der Waals surface area contributed by atoms with Crippen LogP contribution in [0, 0.1) is 0 Å². The van der Waals surface area contributed by atoms with Crippen molar-refractivity contribution < 1.29 is 4.79 Å². The van der Waals surface area contributed by atoms with E-state index in [4.69, 9.17) is 0 Å². The van der Waals surface area contributed by atoms with Gasteiger partial charge in [-0.2, -0.15) is 0 Å². The quantitative estimate of drug-likeness (QED) is 0.565. The highest BCUT2D eigenvalue weighted by Crippen LogP contribution is 2.28. The number of hydrogen-bond donors (Lipinski definition) is 2. The molecule has 1 heterocycles.